The van der Waals surface area contributed by atoms with Crippen LogP contribution in [0.1, 0.15) is 51.0 Å². The molecular weight excluding hydrogens is 307 g/mol. The summed E-state index contributed by atoms with van der Waals surface area (Å²) in [5.74, 6) is 0.503. The molecule has 0 amide bonds. The standard InChI is InChI=1S/C16H22BrFO/c1-2-12-4-3-8-16(19,9-7-12)11-13-5-6-14(17)10-15(13)18/h5-6,10,12,19H,2-4,7-9,11H2,1H3. The molecule has 1 nitrogen and oxygen atoms in total. The van der Waals surface area contributed by atoms with Crippen molar-refractivity contribution in [1.29, 1.82) is 0 Å². The average Bonchev–Trinajstić information content (AvgIpc) is 2.55. The highest BCUT2D eigenvalue weighted by Gasteiger charge is 2.31. The third kappa shape index (κ3) is 4.03. The number of aliphatic hydroxyl groups is 1. The van der Waals surface area contributed by atoms with Crippen LogP contribution in [-0.2, 0) is 6.42 Å². The van der Waals surface area contributed by atoms with Crippen LogP contribution in [0, 0.1) is 11.7 Å². The molecule has 0 heterocycles. The summed E-state index contributed by atoms with van der Waals surface area (Å²) in [6.07, 6.45) is 6.51. The van der Waals surface area contributed by atoms with E-state index in [1.54, 1.807) is 6.07 Å². The third-order valence-corrected chi connectivity index (χ3v) is 4.88. The molecule has 1 aliphatic carbocycles. The molecule has 0 bridgehead atoms. The molecule has 0 spiro atoms. The maximum absolute atomic E-state index is 13.9. The normalized spacial score (nSPS) is 28.1. The Labute approximate surface area is 123 Å². The Morgan fingerprint density at radius 1 is 1.37 bits per heavy atom. The van der Waals surface area contributed by atoms with E-state index in [1.165, 1.54) is 18.9 Å². The maximum Gasteiger partial charge on any atom is 0.127 e. The summed E-state index contributed by atoms with van der Waals surface area (Å²) >= 11 is 3.26. The Morgan fingerprint density at radius 2 is 2.16 bits per heavy atom. The molecule has 2 unspecified atom stereocenters. The van der Waals surface area contributed by atoms with Gasteiger partial charge in [0.2, 0.25) is 0 Å². The van der Waals surface area contributed by atoms with Crippen LogP contribution in [0.3, 0.4) is 0 Å². The summed E-state index contributed by atoms with van der Waals surface area (Å²) in [6.45, 7) is 2.21. The van der Waals surface area contributed by atoms with Crippen LogP contribution < -0.4 is 0 Å². The largest absolute Gasteiger partial charge is 0.390 e. The second kappa shape index (κ2) is 6.36. The zero-order chi connectivity index (χ0) is 13.9. The Morgan fingerprint density at radius 3 is 2.84 bits per heavy atom. The Hall–Kier alpha value is -0.410. The van der Waals surface area contributed by atoms with E-state index in [4.69, 9.17) is 0 Å². The summed E-state index contributed by atoms with van der Waals surface area (Å²) in [4.78, 5) is 0. The third-order valence-electron chi connectivity index (χ3n) is 4.38. The van der Waals surface area contributed by atoms with Gasteiger partial charge in [-0.1, -0.05) is 48.2 Å². The van der Waals surface area contributed by atoms with Crippen LogP contribution in [0.4, 0.5) is 4.39 Å². The van der Waals surface area contributed by atoms with Crippen LogP contribution in [-0.4, -0.2) is 10.7 Å². The number of halogens is 2. The van der Waals surface area contributed by atoms with Gasteiger partial charge in [-0.25, -0.2) is 4.39 Å². The predicted molar refractivity (Wildman–Crippen MR) is 79.6 cm³/mol. The van der Waals surface area contributed by atoms with Crippen molar-refractivity contribution >= 4 is 15.9 Å². The number of benzene rings is 1. The molecule has 1 saturated carbocycles. The lowest BCUT2D eigenvalue weighted by Gasteiger charge is -2.27. The lowest BCUT2D eigenvalue weighted by atomic mass is 9.87. The molecule has 1 aromatic rings. The zero-order valence-electron chi connectivity index (χ0n) is 11.5. The van der Waals surface area contributed by atoms with Crippen LogP contribution >= 0.6 is 15.9 Å². The van der Waals surface area contributed by atoms with Crippen molar-refractivity contribution in [2.45, 2.75) is 57.5 Å². The van der Waals surface area contributed by atoms with Gasteiger partial charge in [0.1, 0.15) is 5.82 Å². The van der Waals surface area contributed by atoms with Crippen molar-refractivity contribution < 1.29 is 9.50 Å². The molecule has 0 aliphatic heterocycles. The van der Waals surface area contributed by atoms with Crippen molar-refractivity contribution in [3.63, 3.8) is 0 Å². The summed E-state index contributed by atoms with van der Waals surface area (Å²) in [5.41, 5.74) is -0.0980. The zero-order valence-corrected chi connectivity index (χ0v) is 13.0. The van der Waals surface area contributed by atoms with E-state index in [-0.39, 0.29) is 5.82 Å². The average molecular weight is 329 g/mol. The summed E-state index contributed by atoms with van der Waals surface area (Å²) in [5, 5.41) is 10.7. The van der Waals surface area contributed by atoms with Crippen molar-refractivity contribution in [2.24, 2.45) is 5.92 Å². The lowest BCUT2D eigenvalue weighted by molar-refractivity contribution is 0.0234. The van der Waals surface area contributed by atoms with Crippen molar-refractivity contribution in [1.82, 2.24) is 0 Å². The highest BCUT2D eigenvalue weighted by atomic mass is 79.9. The van der Waals surface area contributed by atoms with Crippen LogP contribution in [0.5, 0.6) is 0 Å². The van der Waals surface area contributed by atoms with Gasteiger partial charge in [-0.15, -0.1) is 0 Å². The van der Waals surface area contributed by atoms with E-state index in [2.05, 4.69) is 22.9 Å². The predicted octanol–water partition coefficient (Wildman–Crippen LogP) is 4.85. The van der Waals surface area contributed by atoms with Gasteiger partial charge < -0.3 is 5.11 Å². The SMILES string of the molecule is CCC1CCCC(O)(Cc2ccc(Br)cc2F)CC1. The molecule has 1 fully saturated rings. The topological polar surface area (TPSA) is 20.2 Å². The molecule has 106 valence electrons. The summed E-state index contributed by atoms with van der Waals surface area (Å²) in [7, 11) is 0. The first-order valence-corrected chi connectivity index (χ1v) is 7.98. The minimum Gasteiger partial charge on any atom is -0.390 e. The molecule has 0 aromatic heterocycles. The number of hydrogen-bond acceptors (Lipinski definition) is 1. The van der Waals surface area contributed by atoms with Gasteiger partial charge in [-0.2, -0.15) is 0 Å². The first-order chi connectivity index (χ1) is 9.02. The van der Waals surface area contributed by atoms with Gasteiger partial charge in [0.05, 0.1) is 5.60 Å². The highest BCUT2D eigenvalue weighted by Crippen LogP contribution is 2.34. The second-order valence-corrected chi connectivity index (χ2v) is 6.76. The maximum atomic E-state index is 13.9. The van der Waals surface area contributed by atoms with Gasteiger partial charge in [-0.3, -0.25) is 0 Å². The smallest absolute Gasteiger partial charge is 0.127 e. The quantitative estimate of drug-likeness (QED) is 0.786. The van der Waals surface area contributed by atoms with Crippen molar-refractivity contribution in [3.05, 3.63) is 34.1 Å². The van der Waals surface area contributed by atoms with E-state index in [0.717, 1.165) is 36.1 Å². The van der Waals surface area contributed by atoms with Crippen molar-refractivity contribution in [2.75, 3.05) is 0 Å². The monoisotopic (exact) mass is 328 g/mol. The molecule has 0 saturated heterocycles. The van der Waals surface area contributed by atoms with E-state index >= 15 is 0 Å². The molecule has 2 atom stereocenters. The van der Waals surface area contributed by atoms with Crippen molar-refractivity contribution in [3.8, 4) is 0 Å². The molecule has 0 radical (unpaired) electrons. The number of hydrogen-bond donors (Lipinski definition) is 1. The first kappa shape index (κ1) is 15.0. The van der Waals surface area contributed by atoms with E-state index in [1.807, 2.05) is 6.07 Å². The molecule has 1 aromatic carbocycles. The van der Waals surface area contributed by atoms with Gasteiger partial charge in [0.25, 0.3) is 0 Å². The molecule has 3 heteroatoms. The second-order valence-electron chi connectivity index (χ2n) is 5.84. The Kier molecular flexibility index (Phi) is 5.02. The van der Waals surface area contributed by atoms with E-state index < -0.39 is 5.60 Å². The van der Waals surface area contributed by atoms with Crippen LogP contribution in [0.15, 0.2) is 22.7 Å². The van der Waals surface area contributed by atoms with Crippen LogP contribution in [0.25, 0.3) is 0 Å². The molecule has 2 rings (SSSR count). The summed E-state index contributed by atoms with van der Waals surface area (Å²) < 4.78 is 14.6. The van der Waals surface area contributed by atoms with Gasteiger partial charge >= 0.3 is 0 Å². The Balaban J connectivity index is 2.08. The van der Waals surface area contributed by atoms with Gasteiger partial charge in [0.15, 0.2) is 0 Å². The van der Waals surface area contributed by atoms with E-state index in [0.29, 0.717) is 12.0 Å². The van der Waals surface area contributed by atoms with Gasteiger partial charge in [-0.05, 0) is 42.9 Å². The fraction of sp³-hybridized carbons (Fsp3) is 0.625. The molecule has 19 heavy (non-hydrogen) atoms. The minimum absolute atomic E-state index is 0.223. The summed E-state index contributed by atoms with van der Waals surface area (Å²) in [6, 6.07) is 5.09. The molecule has 1 N–H and O–H groups in total. The van der Waals surface area contributed by atoms with E-state index in [9.17, 15) is 9.50 Å². The lowest BCUT2D eigenvalue weighted by Crippen LogP contribution is -2.31. The fourth-order valence-corrected chi connectivity index (χ4v) is 3.40. The number of rotatable bonds is 3. The van der Waals surface area contributed by atoms with Crippen LogP contribution in [0.2, 0.25) is 0 Å². The molecular formula is C16H22BrFO. The fourth-order valence-electron chi connectivity index (χ4n) is 3.07. The Bertz CT molecular complexity index is 435. The first-order valence-electron chi connectivity index (χ1n) is 7.19. The van der Waals surface area contributed by atoms with Gasteiger partial charge in [0, 0.05) is 10.9 Å². The highest BCUT2D eigenvalue weighted by molar-refractivity contribution is 9.10. The minimum atomic E-state index is -0.724. The molecule has 1 aliphatic rings.